The Morgan fingerprint density at radius 1 is 1.85 bits per heavy atom. The molecule has 0 saturated heterocycles. The maximum Gasteiger partial charge on any atom is 0.291 e. The minimum absolute atomic E-state index is 0.0670. The zero-order valence-electron chi connectivity index (χ0n) is 6.02. The summed E-state index contributed by atoms with van der Waals surface area (Å²) in [5.41, 5.74) is 12.9. The van der Waals surface area contributed by atoms with Crippen LogP contribution in [-0.2, 0) is 0 Å². The second-order valence-corrected chi connectivity index (χ2v) is 1.44. The van der Waals surface area contributed by atoms with Gasteiger partial charge in [-0.05, 0) is 10.6 Å². The molecule has 1 aromatic rings. The summed E-state index contributed by atoms with van der Waals surface area (Å²) in [6.45, 7) is 0. The molecule has 0 aromatic carbocycles. The van der Waals surface area contributed by atoms with Crippen molar-refractivity contribution < 1.29 is 10.3 Å². The number of aromatic nitrogens is 3. The maximum atomic E-state index is 8.36. The lowest BCUT2D eigenvalue weighted by molar-refractivity contribution is -0.742. The minimum atomic E-state index is -1.50. The van der Waals surface area contributed by atoms with E-state index in [9.17, 15) is 0 Å². The fraction of sp³-hybridized carbons (Fsp3) is 0. The van der Waals surface area contributed by atoms with Gasteiger partial charge in [-0.25, -0.2) is 0 Å². The number of anilines is 1. The van der Waals surface area contributed by atoms with E-state index >= 15 is 0 Å². The number of H-pyrrole nitrogens is 1. The van der Waals surface area contributed by atoms with Gasteiger partial charge < -0.3 is 10.9 Å². The van der Waals surface area contributed by atoms with E-state index in [0.717, 1.165) is 0 Å². The highest BCUT2D eigenvalue weighted by Crippen LogP contribution is 2.02. The Kier molecular flexibility index (Phi) is 4.14. The number of nitrogens with zero attached hydrogens (tertiary/aromatic N) is 6. The minimum Gasteiger partial charge on any atom is -0.367 e. The summed E-state index contributed by atoms with van der Waals surface area (Å²) in [5, 5.41) is 22.4. The lowest BCUT2D eigenvalue weighted by Crippen LogP contribution is -1.84. The van der Waals surface area contributed by atoms with E-state index in [4.69, 9.17) is 26.6 Å². The van der Waals surface area contributed by atoms with Gasteiger partial charge in [-0.15, -0.1) is 15.2 Å². The van der Waals surface area contributed by atoms with Crippen molar-refractivity contribution in [2.45, 2.75) is 0 Å². The Hall–Kier alpha value is -2.55. The van der Waals surface area contributed by atoms with Crippen LogP contribution < -0.4 is 5.73 Å². The summed E-state index contributed by atoms with van der Waals surface area (Å²) >= 11 is 0. The first-order valence-corrected chi connectivity index (χ1v) is 2.62. The van der Waals surface area contributed by atoms with Crippen LogP contribution in [0.1, 0.15) is 0 Å². The molecule has 1 rings (SSSR count). The number of nitrogens with one attached hydrogen (secondary N) is 1. The monoisotopic (exact) mass is 188 g/mol. The van der Waals surface area contributed by atoms with Crippen LogP contribution in [0.25, 0.3) is 10.4 Å². The number of hydrogen-bond acceptors (Lipinski definition) is 6. The van der Waals surface area contributed by atoms with Crippen molar-refractivity contribution in [3.05, 3.63) is 20.6 Å². The molecular weight excluding hydrogens is 184 g/mol. The molecule has 11 nitrogen and oxygen atoms in total. The molecule has 0 radical (unpaired) electrons. The largest absolute Gasteiger partial charge is 0.367 e. The van der Waals surface area contributed by atoms with Gasteiger partial charge in [0.05, 0.1) is 0 Å². The van der Waals surface area contributed by atoms with Crippen molar-refractivity contribution in [1.82, 2.24) is 15.2 Å². The van der Waals surface area contributed by atoms with Gasteiger partial charge in [-0.2, -0.15) is 4.98 Å². The van der Waals surface area contributed by atoms with Gasteiger partial charge in [0.25, 0.3) is 5.09 Å². The molecule has 0 aliphatic heterocycles. The van der Waals surface area contributed by atoms with Crippen molar-refractivity contribution in [2.75, 3.05) is 5.73 Å². The summed E-state index contributed by atoms with van der Waals surface area (Å²) < 4.78 is 0. The third kappa shape index (κ3) is 5.87. The fourth-order valence-corrected chi connectivity index (χ4v) is 0.353. The molecule has 1 aromatic heterocycles. The van der Waals surface area contributed by atoms with E-state index in [1.165, 1.54) is 0 Å². The predicted octanol–water partition coefficient (Wildman–Crippen LogP) is -0.0190. The predicted molar refractivity (Wildman–Crippen MR) is 38.4 cm³/mol. The van der Waals surface area contributed by atoms with Crippen LogP contribution in [0.15, 0.2) is 5.11 Å². The van der Waals surface area contributed by atoms with Crippen molar-refractivity contribution >= 4 is 11.9 Å². The summed E-state index contributed by atoms with van der Waals surface area (Å²) in [6, 6.07) is 0. The van der Waals surface area contributed by atoms with Crippen molar-refractivity contribution in [1.29, 1.82) is 0 Å². The average Bonchev–Trinajstić information content (AvgIpc) is 2.35. The molecule has 0 amide bonds. The molecule has 0 saturated carbocycles. The van der Waals surface area contributed by atoms with E-state index in [1.54, 1.807) is 0 Å². The molecule has 0 aliphatic rings. The topological polar surface area (TPSA) is 180 Å². The standard InChI is InChI=1S/C2H3N7.HNO3/c3-1-5-2(7-6-1)8-9-4;2-1(3)4/h(H3,3,5,6,7);(H,2,3,4). The molecule has 70 valence electrons. The van der Waals surface area contributed by atoms with Gasteiger partial charge in [0.2, 0.25) is 11.9 Å². The first-order chi connectivity index (χ1) is 6.06. The molecule has 0 fully saturated rings. The maximum absolute atomic E-state index is 8.36. The highest BCUT2D eigenvalue weighted by atomic mass is 16.9. The zero-order chi connectivity index (χ0) is 10.3. The van der Waals surface area contributed by atoms with Crippen LogP contribution in [0.5, 0.6) is 0 Å². The van der Waals surface area contributed by atoms with Crippen LogP contribution in [0.4, 0.5) is 11.9 Å². The number of nitrogen functional groups attached to an aromatic ring is 1. The third-order valence-electron chi connectivity index (χ3n) is 0.630. The van der Waals surface area contributed by atoms with E-state index < -0.39 is 5.09 Å². The van der Waals surface area contributed by atoms with Crippen LogP contribution in [0.3, 0.4) is 0 Å². The van der Waals surface area contributed by atoms with Gasteiger partial charge >= 0.3 is 0 Å². The number of hydrogen-bond donors (Lipinski definition) is 3. The Labute approximate surface area is 69.9 Å². The summed E-state index contributed by atoms with van der Waals surface area (Å²) in [4.78, 5) is 14.3. The number of aromatic amines is 1. The second kappa shape index (κ2) is 5.15. The van der Waals surface area contributed by atoms with Gasteiger partial charge in [0.1, 0.15) is 0 Å². The summed E-state index contributed by atoms with van der Waals surface area (Å²) in [5.74, 6) is 0.146. The molecule has 11 heteroatoms. The molecule has 1 heterocycles. The van der Waals surface area contributed by atoms with Crippen molar-refractivity contribution in [3.63, 3.8) is 0 Å². The van der Waals surface area contributed by atoms with E-state index in [1.807, 2.05) is 0 Å². The van der Waals surface area contributed by atoms with Crippen molar-refractivity contribution in [3.8, 4) is 0 Å². The Balaban J connectivity index is 0.000000310. The van der Waals surface area contributed by atoms with Gasteiger partial charge in [0.15, 0.2) is 0 Å². The first-order valence-electron chi connectivity index (χ1n) is 2.62. The van der Waals surface area contributed by atoms with Gasteiger partial charge in [-0.3, -0.25) is 5.10 Å². The normalized spacial score (nSPS) is 7.69. The summed E-state index contributed by atoms with van der Waals surface area (Å²) in [6.07, 6.45) is 0. The van der Waals surface area contributed by atoms with Crippen molar-refractivity contribution in [2.24, 2.45) is 5.11 Å². The Morgan fingerprint density at radius 3 is 2.69 bits per heavy atom. The quantitative estimate of drug-likeness (QED) is 0.183. The van der Waals surface area contributed by atoms with E-state index in [-0.39, 0.29) is 11.9 Å². The Morgan fingerprint density at radius 2 is 2.38 bits per heavy atom. The molecule has 4 N–H and O–H groups in total. The number of nitrogens with two attached hydrogens (primary N) is 1. The van der Waals surface area contributed by atoms with E-state index in [2.05, 4.69) is 25.2 Å². The van der Waals surface area contributed by atoms with Crippen LogP contribution in [0.2, 0.25) is 0 Å². The molecule has 0 atom stereocenters. The fourth-order valence-electron chi connectivity index (χ4n) is 0.353. The van der Waals surface area contributed by atoms with Crippen LogP contribution in [-0.4, -0.2) is 25.5 Å². The highest BCUT2D eigenvalue weighted by Gasteiger charge is 1.91. The SMILES string of the molecule is O=[N+]([O-])O.[N-]=[N+]=Nc1nc(N)n[nH]1. The first kappa shape index (κ1) is 10.4. The number of rotatable bonds is 1. The van der Waals surface area contributed by atoms with E-state index in [0.29, 0.717) is 0 Å². The molecule has 0 aliphatic carbocycles. The van der Waals surface area contributed by atoms with Gasteiger partial charge in [0, 0.05) is 4.91 Å². The summed E-state index contributed by atoms with van der Waals surface area (Å²) in [7, 11) is 0. The highest BCUT2D eigenvalue weighted by molar-refractivity contribution is 5.23. The molecular formula is C2H4N8O3. The molecule has 0 unspecified atom stereocenters. The van der Waals surface area contributed by atoms with Crippen LogP contribution >= 0.6 is 0 Å². The smallest absolute Gasteiger partial charge is 0.291 e. The second-order valence-electron chi connectivity index (χ2n) is 1.44. The molecule has 13 heavy (non-hydrogen) atoms. The zero-order valence-corrected chi connectivity index (χ0v) is 6.02. The van der Waals surface area contributed by atoms with Gasteiger partial charge in [-0.1, -0.05) is 0 Å². The Bertz CT molecular complexity index is 320. The lowest BCUT2D eigenvalue weighted by Gasteiger charge is -1.70. The molecule has 0 bridgehead atoms. The average molecular weight is 188 g/mol. The number of azide groups is 1. The van der Waals surface area contributed by atoms with Crippen LogP contribution in [0, 0.1) is 10.1 Å². The molecule has 0 spiro atoms. The third-order valence-corrected chi connectivity index (χ3v) is 0.630. The lowest BCUT2D eigenvalue weighted by atomic mass is 11.0.